The second-order valence-electron chi connectivity index (χ2n) is 7.83. The number of aromatic nitrogens is 2. The van der Waals surface area contributed by atoms with Gasteiger partial charge in [-0.1, -0.05) is 19.3 Å². The Kier molecular flexibility index (Phi) is 6.12. The molecule has 2 heterocycles. The monoisotopic (exact) mass is 348 g/mol. The molecule has 6 nitrogen and oxygen atoms in total. The number of likely N-dealkylation sites (tertiary alicyclic amines) is 1. The maximum absolute atomic E-state index is 12.5. The van der Waals surface area contributed by atoms with Crippen molar-refractivity contribution in [2.45, 2.75) is 63.5 Å². The average molecular weight is 348 g/mol. The van der Waals surface area contributed by atoms with Gasteiger partial charge in [-0.15, -0.1) is 0 Å². The van der Waals surface area contributed by atoms with Crippen molar-refractivity contribution in [1.82, 2.24) is 19.6 Å². The summed E-state index contributed by atoms with van der Waals surface area (Å²) in [5, 5.41) is 14.3. The number of aliphatic hydroxyl groups is 1. The molecule has 3 rings (SSSR count). The summed E-state index contributed by atoms with van der Waals surface area (Å²) in [5.74, 6) is 0.746. The molecule has 0 aromatic carbocycles. The first-order valence-corrected chi connectivity index (χ1v) is 9.69. The number of hydrogen-bond acceptors (Lipinski definition) is 4. The lowest BCUT2D eigenvalue weighted by atomic mass is 9.85. The van der Waals surface area contributed by atoms with Gasteiger partial charge in [0.25, 0.3) is 0 Å². The fourth-order valence-corrected chi connectivity index (χ4v) is 4.19. The van der Waals surface area contributed by atoms with E-state index in [-0.39, 0.29) is 12.0 Å². The number of hydrogen-bond donors (Lipinski definition) is 1. The molecule has 2 aliphatic rings. The van der Waals surface area contributed by atoms with E-state index in [1.807, 2.05) is 23.7 Å². The van der Waals surface area contributed by atoms with Crippen molar-refractivity contribution in [3.05, 3.63) is 17.5 Å². The van der Waals surface area contributed by atoms with E-state index in [2.05, 4.69) is 11.1 Å². The maximum atomic E-state index is 12.5. The molecular weight excluding hydrogens is 316 g/mol. The minimum Gasteiger partial charge on any atom is -0.393 e. The largest absolute Gasteiger partial charge is 0.393 e. The second kappa shape index (κ2) is 8.32. The zero-order valence-electron chi connectivity index (χ0n) is 15.7. The molecule has 140 valence electrons. The van der Waals surface area contributed by atoms with Crippen molar-refractivity contribution < 1.29 is 9.90 Å². The molecular formula is C19H32N4O2. The number of aliphatic hydroxyl groups excluding tert-OH is 1. The molecule has 1 amide bonds. The van der Waals surface area contributed by atoms with Crippen LogP contribution in [0.5, 0.6) is 0 Å². The van der Waals surface area contributed by atoms with Crippen molar-refractivity contribution in [3.8, 4) is 0 Å². The third-order valence-electron chi connectivity index (χ3n) is 5.59. The first-order chi connectivity index (χ1) is 12.0. The van der Waals surface area contributed by atoms with E-state index >= 15 is 0 Å². The van der Waals surface area contributed by atoms with Gasteiger partial charge in [0, 0.05) is 44.4 Å². The Balaban J connectivity index is 1.57. The van der Waals surface area contributed by atoms with Crippen molar-refractivity contribution in [1.29, 1.82) is 0 Å². The van der Waals surface area contributed by atoms with Crippen molar-refractivity contribution >= 4 is 5.91 Å². The molecule has 0 spiro atoms. The van der Waals surface area contributed by atoms with Gasteiger partial charge in [0.1, 0.15) is 0 Å². The van der Waals surface area contributed by atoms with Crippen LogP contribution in [0.2, 0.25) is 0 Å². The van der Waals surface area contributed by atoms with Crippen LogP contribution >= 0.6 is 0 Å². The highest BCUT2D eigenvalue weighted by molar-refractivity contribution is 5.78. The van der Waals surface area contributed by atoms with E-state index in [4.69, 9.17) is 5.10 Å². The predicted molar refractivity (Wildman–Crippen MR) is 97.2 cm³/mol. The zero-order chi connectivity index (χ0) is 17.8. The highest BCUT2D eigenvalue weighted by Crippen LogP contribution is 2.33. The summed E-state index contributed by atoms with van der Waals surface area (Å²) in [7, 11) is 3.99. The van der Waals surface area contributed by atoms with Gasteiger partial charge in [0.05, 0.1) is 18.3 Å². The van der Waals surface area contributed by atoms with E-state index in [1.165, 1.54) is 43.4 Å². The van der Waals surface area contributed by atoms with Crippen LogP contribution in [-0.2, 0) is 18.4 Å². The second-order valence-corrected chi connectivity index (χ2v) is 7.83. The highest BCUT2D eigenvalue weighted by Gasteiger charge is 2.24. The van der Waals surface area contributed by atoms with Gasteiger partial charge in [-0.05, 0) is 32.7 Å². The van der Waals surface area contributed by atoms with Crippen LogP contribution < -0.4 is 0 Å². The summed E-state index contributed by atoms with van der Waals surface area (Å²) in [6.07, 6.45) is 9.69. The molecule has 0 atom stereocenters. The summed E-state index contributed by atoms with van der Waals surface area (Å²) in [4.78, 5) is 16.5. The Bertz CT molecular complexity index is 572. The first-order valence-electron chi connectivity index (χ1n) is 9.69. The molecule has 0 unspecified atom stereocenters. The maximum Gasteiger partial charge on any atom is 0.236 e. The van der Waals surface area contributed by atoms with Gasteiger partial charge in [-0.25, -0.2) is 0 Å². The average Bonchev–Trinajstić information content (AvgIpc) is 2.96. The predicted octanol–water partition coefficient (Wildman–Crippen LogP) is 1.88. The third-order valence-corrected chi connectivity index (χ3v) is 5.59. The summed E-state index contributed by atoms with van der Waals surface area (Å²) in [5.41, 5.74) is 2.50. The number of nitrogens with zero attached hydrogens (tertiary/aromatic N) is 4. The van der Waals surface area contributed by atoms with Gasteiger partial charge in [0.2, 0.25) is 5.91 Å². The quantitative estimate of drug-likeness (QED) is 0.883. The number of piperidine rings is 1. The Morgan fingerprint density at radius 1 is 1.24 bits per heavy atom. The van der Waals surface area contributed by atoms with Crippen LogP contribution in [0.1, 0.15) is 62.1 Å². The molecule has 1 aromatic rings. The van der Waals surface area contributed by atoms with Gasteiger partial charge in [-0.2, -0.15) is 5.10 Å². The van der Waals surface area contributed by atoms with E-state index < -0.39 is 0 Å². The molecule has 1 N–H and O–H groups in total. The number of aryl methyl sites for hydroxylation is 1. The van der Waals surface area contributed by atoms with Gasteiger partial charge >= 0.3 is 0 Å². The Morgan fingerprint density at radius 2 is 1.92 bits per heavy atom. The van der Waals surface area contributed by atoms with Crippen molar-refractivity contribution in [3.63, 3.8) is 0 Å². The highest BCUT2D eigenvalue weighted by atomic mass is 16.3. The van der Waals surface area contributed by atoms with Crippen LogP contribution in [0.15, 0.2) is 6.20 Å². The number of likely N-dealkylation sites (N-methyl/N-ethyl adjacent to an activating group) is 1. The lowest BCUT2D eigenvalue weighted by Gasteiger charge is -2.31. The Hall–Kier alpha value is -1.40. The lowest BCUT2D eigenvalue weighted by Crippen LogP contribution is -2.44. The first kappa shape index (κ1) is 18.4. The van der Waals surface area contributed by atoms with E-state index in [9.17, 15) is 9.90 Å². The van der Waals surface area contributed by atoms with E-state index in [0.717, 1.165) is 6.54 Å². The van der Waals surface area contributed by atoms with Crippen LogP contribution in [0.3, 0.4) is 0 Å². The molecule has 0 radical (unpaired) electrons. The number of rotatable bonds is 5. The molecule has 6 heteroatoms. The van der Waals surface area contributed by atoms with Gasteiger partial charge in [-0.3, -0.25) is 14.4 Å². The van der Waals surface area contributed by atoms with Crippen LogP contribution in [0.25, 0.3) is 0 Å². The minimum atomic E-state index is -0.241. The third kappa shape index (κ3) is 4.82. The topological polar surface area (TPSA) is 61.6 Å². The molecule has 1 aliphatic heterocycles. The van der Waals surface area contributed by atoms with E-state index in [0.29, 0.717) is 38.4 Å². The van der Waals surface area contributed by atoms with Crippen LogP contribution in [-0.4, -0.2) is 63.4 Å². The molecule has 1 saturated carbocycles. The molecule has 1 aromatic heterocycles. The zero-order valence-corrected chi connectivity index (χ0v) is 15.7. The summed E-state index contributed by atoms with van der Waals surface area (Å²) in [6.45, 7) is 2.54. The van der Waals surface area contributed by atoms with Crippen molar-refractivity contribution in [2.24, 2.45) is 7.05 Å². The van der Waals surface area contributed by atoms with Gasteiger partial charge in [0.15, 0.2) is 0 Å². The van der Waals surface area contributed by atoms with Crippen LogP contribution in [0.4, 0.5) is 0 Å². The number of carbonyl (C=O) groups excluding carboxylic acids is 1. The smallest absolute Gasteiger partial charge is 0.236 e. The molecule has 1 aliphatic carbocycles. The fraction of sp³-hybridized carbons (Fsp3) is 0.789. The van der Waals surface area contributed by atoms with E-state index in [1.54, 1.807) is 0 Å². The lowest BCUT2D eigenvalue weighted by molar-refractivity contribution is -0.134. The Morgan fingerprint density at radius 3 is 2.60 bits per heavy atom. The summed E-state index contributed by atoms with van der Waals surface area (Å²) < 4.78 is 1.92. The fourth-order valence-electron chi connectivity index (χ4n) is 4.19. The summed E-state index contributed by atoms with van der Waals surface area (Å²) in [6, 6.07) is 0. The summed E-state index contributed by atoms with van der Waals surface area (Å²) >= 11 is 0. The van der Waals surface area contributed by atoms with Crippen molar-refractivity contribution in [2.75, 3.05) is 26.7 Å². The minimum absolute atomic E-state index is 0.164. The van der Waals surface area contributed by atoms with Gasteiger partial charge < -0.3 is 10.0 Å². The molecule has 1 saturated heterocycles. The SMILES string of the molecule is CN(CC(=O)N1CCC(O)CC1)Cc1cn(C)nc1C1CCCCC1. The van der Waals surface area contributed by atoms with Crippen LogP contribution in [0, 0.1) is 0 Å². The number of amides is 1. The molecule has 25 heavy (non-hydrogen) atoms. The Labute approximate surface area is 150 Å². The molecule has 2 fully saturated rings. The molecule has 0 bridgehead atoms. The number of carbonyl (C=O) groups is 1. The normalized spacial score (nSPS) is 20.4. The standard InChI is InChI=1S/C19H32N4O2/c1-21(14-18(25)23-10-8-17(24)9-11-23)12-16-13-22(2)20-19(16)15-6-4-3-5-7-15/h13,15,17,24H,3-12,14H2,1-2H3.